The number of carboxylic acids is 1. The average Bonchev–Trinajstić information content (AvgIpc) is 3.41. The van der Waals surface area contributed by atoms with Crippen molar-refractivity contribution in [2.45, 2.75) is 33.6 Å². The largest absolute Gasteiger partial charge is 0.493 e. The average molecular weight is 498 g/mol. The van der Waals surface area contributed by atoms with Crippen LogP contribution < -0.4 is 11.1 Å². The molecule has 0 aliphatic carbocycles. The second kappa shape index (κ2) is 10.5. The molecule has 4 heterocycles. The van der Waals surface area contributed by atoms with Gasteiger partial charge in [-0.3, -0.25) is 19.2 Å². The molecule has 0 aliphatic heterocycles. The number of hydrogen-bond acceptors (Lipinski definition) is 10. The number of hydrogen-bond donors (Lipinski definition) is 5. The normalized spacial score (nSPS) is 10.5. The third kappa shape index (κ3) is 6.14. The molecular weight excluding hydrogens is 476 g/mol. The number of nitrogens with zero attached hydrogens (tertiary/aromatic N) is 2. The minimum atomic E-state index is -1.22. The zero-order valence-electron chi connectivity index (χ0n) is 19.4. The number of carbonyl (C=O) groups is 2. The number of carboxylic acid groups (broad SMARTS) is 1. The number of aromatic hydroxyl groups is 2. The zero-order valence-corrected chi connectivity index (χ0v) is 19.4. The van der Waals surface area contributed by atoms with Gasteiger partial charge in [0.15, 0.2) is 23.2 Å². The number of aryl methyl sites for hydroxylation is 2. The summed E-state index contributed by atoms with van der Waals surface area (Å²) in [6.45, 7) is 4.81. The van der Waals surface area contributed by atoms with Crippen LogP contribution in [0.2, 0.25) is 0 Å². The van der Waals surface area contributed by atoms with E-state index in [1.54, 1.807) is 38.1 Å². The van der Waals surface area contributed by atoms with Gasteiger partial charge in [-0.2, -0.15) is 9.97 Å². The molecule has 0 saturated carbocycles. The van der Waals surface area contributed by atoms with Crippen molar-refractivity contribution < 1.29 is 33.7 Å². The Morgan fingerprint density at radius 1 is 0.806 bits per heavy atom. The first-order valence-electron chi connectivity index (χ1n) is 10.4. The first kappa shape index (κ1) is 25.7. The highest BCUT2D eigenvalue weighted by molar-refractivity contribution is 5.78. The van der Waals surface area contributed by atoms with Gasteiger partial charge in [-0.1, -0.05) is 0 Å². The summed E-state index contributed by atoms with van der Waals surface area (Å²) in [5.74, 6) is -0.364. The molecule has 0 saturated heterocycles. The molecule has 0 amide bonds. The highest BCUT2D eigenvalue weighted by Gasteiger charge is 2.16. The summed E-state index contributed by atoms with van der Waals surface area (Å²) in [6, 6.07) is 6.62. The van der Waals surface area contributed by atoms with Crippen molar-refractivity contribution in [2.75, 3.05) is 0 Å². The van der Waals surface area contributed by atoms with Gasteiger partial charge in [0.1, 0.15) is 17.3 Å². The molecular formula is C23H22N4O9. The molecule has 188 valence electrons. The van der Waals surface area contributed by atoms with Crippen LogP contribution >= 0.6 is 0 Å². The lowest BCUT2D eigenvalue weighted by molar-refractivity contribution is -0.136. The van der Waals surface area contributed by atoms with E-state index < -0.39 is 35.3 Å². The van der Waals surface area contributed by atoms with Gasteiger partial charge in [0.05, 0.1) is 17.5 Å². The molecule has 0 unspecified atom stereocenters. The summed E-state index contributed by atoms with van der Waals surface area (Å²) in [7, 11) is 0. The van der Waals surface area contributed by atoms with Crippen LogP contribution in [0.15, 0.2) is 42.7 Å². The molecule has 5 N–H and O–H groups in total. The van der Waals surface area contributed by atoms with E-state index in [0.29, 0.717) is 23.0 Å². The predicted molar refractivity (Wildman–Crippen MR) is 124 cm³/mol. The third-order valence-electron chi connectivity index (χ3n) is 4.69. The molecule has 4 aromatic rings. The van der Waals surface area contributed by atoms with Crippen LogP contribution in [-0.2, 0) is 22.4 Å². The number of ketones is 1. The minimum absolute atomic E-state index is 0.0328. The molecule has 0 atom stereocenters. The highest BCUT2D eigenvalue weighted by Crippen LogP contribution is 2.21. The minimum Gasteiger partial charge on any atom is -0.493 e. The Hall–Kier alpha value is -4.94. The maximum absolute atomic E-state index is 11.7. The number of H-pyrrole nitrogens is 2. The number of aliphatic carboxylic acids is 1. The van der Waals surface area contributed by atoms with Gasteiger partial charge in [-0.25, -0.2) is 0 Å². The summed E-state index contributed by atoms with van der Waals surface area (Å²) in [6.07, 6.45) is -0.739. The fraction of sp³-hybridized carbons (Fsp3) is 0.217. The Morgan fingerprint density at radius 2 is 1.22 bits per heavy atom. The standard InChI is InChI=1S/C12H12N2O4.C11H10N2O5/c1-6(15)5-8-11(16)13-10(14-12(8)17)9-4-3-7(2)18-9;1-5-2-3-7(18-5)9-12-10(16)6(4-8(14)15)11(17)13-9/h3-4H,5H2,1-2H3,(H2,13,14,16,17);2-3H,4H2,1H3,(H,14,15)(H2,12,13,16,17). The fourth-order valence-corrected chi connectivity index (χ4v) is 3.05. The summed E-state index contributed by atoms with van der Waals surface area (Å²) >= 11 is 0. The summed E-state index contributed by atoms with van der Waals surface area (Å²) in [5, 5.41) is 27.8. The zero-order chi connectivity index (χ0) is 26.6. The van der Waals surface area contributed by atoms with Gasteiger partial charge in [0, 0.05) is 6.42 Å². The Balaban J connectivity index is 0.000000201. The van der Waals surface area contributed by atoms with Crippen LogP contribution in [0.3, 0.4) is 0 Å². The van der Waals surface area contributed by atoms with E-state index in [1.807, 2.05) is 0 Å². The van der Waals surface area contributed by atoms with E-state index in [1.165, 1.54) is 6.92 Å². The van der Waals surface area contributed by atoms with E-state index in [9.17, 15) is 29.4 Å². The molecule has 4 rings (SSSR count). The second-order valence-corrected chi connectivity index (χ2v) is 7.70. The Morgan fingerprint density at radius 3 is 1.53 bits per heavy atom. The number of aromatic amines is 2. The van der Waals surface area contributed by atoms with Gasteiger partial charge in [0.25, 0.3) is 11.1 Å². The first-order chi connectivity index (χ1) is 16.9. The first-order valence-corrected chi connectivity index (χ1v) is 10.4. The molecule has 0 aromatic carbocycles. The van der Waals surface area contributed by atoms with Crippen molar-refractivity contribution >= 4 is 11.8 Å². The van der Waals surface area contributed by atoms with E-state index in [0.717, 1.165) is 0 Å². The van der Waals surface area contributed by atoms with Crippen molar-refractivity contribution in [2.24, 2.45) is 0 Å². The Kier molecular flexibility index (Phi) is 7.52. The van der Waals surface area contributed by atoms with Gasteiger partial charge >= 0.3 is 5.97 Å². The van der Waals surface area contributed by atoms with Crippen molar-refractivity contribution in [3.05, 3.63) is 67.6 Å². The number of rotatable bonds is 6. The monoisotopic (exact) mass is 498 g/mol. The summed E-state index contributed by atoms with van der Waals surface area (Å²) in [5.41, 5.74) is -1.56. The Labute approximate surface area is 202 Å². The van der Waals surface area contributed by atoms with E-state index in [4.69, 9.17) is 13.9 Å². The SMILES string of the molecule is CC(=O)Cc1c(O)nc(-c2ccc(C)o2)[nH]c1=O.Cc1ccc(-c2nc(O)c(CC(=O)O)c(=O)[nH]2)o1. The summed E-state index contributed by atoms with van der Waals surface area (Å²) in [4.78, 5) is 57.2. The Bertz CT molecular complexity index is 1430. The molecule has 13 heteroatoms. The van der Waals surface area contributed by atoms with E-state index >= 15 is 0 Å². The van der Waals surface area contributed by atoms with Crippen LogP contribution in [0.5, 0.6) is 11.8 Å². The van der Waals surface area contributed by atoms with Crippen molar-refractivity contribution in [3.8, 4) is 34.9 Å². The molecule has 0 fully saturated rings. The molecule has 0 radical (unpaired) electrons. The van der Waals surface area contributed by atoms with Crippen molar-refractivity contribution in [3.63, 3.8) is 0 Å². The molecule has 0 bridgehead atoms. The maximum Gasteiger partial charge on any atom is 0.308 e. The van der Waals surface area contributed by atoms with E-state index in [2.05, 4.69) is 19.9 Å². The van der Waals surface area contributed by atoms with E-state index in [-0.39, 0.29) is 35.0 Å². The lowest BCUT2D eigenvalue weighted by atomic mass is 10.2. The van der Waals surface area contributed by atoms with Crippen LogP contribution in [-0.4, -0.2) is 47.0 Å². The molecule has 4 aromatic heterocycles. The lowest BCUT2D eigenvalue weighted by Crippen LogP contribution is -2.18. The fourth-order valence-electron chi connectivity index (χ4n) is 3.05. The van der Waals surface area contributed by atoms with Crippen LogP contribution in [0.1, 0.15) is 29.6 Å². The highest BCUT2D eigenvalue weighted by atomic mass is 16.4. The van der Waals surface area contributed by atoms with Gasteiger partial charge in [0.2, 0.25) is 11.8 Å². The smallest absolute Gasteiger partial charge is 0.308 e. The molecule has 0 aliphatic rings. The quantitative estimate of drug-likeness (QED) is 0.259. The summed E-state index contributed by atoms with van der Waals surface area (Å²) < 4.78 is 10.5. The number of carbonyl (C=O) groups excluding carboxylic acids is 1. The number of nitrogens with one attached hydrogen (secondary N) is 2. The second-order valence-electron chi connectivity index (χ2n) is 7.70. The molecule has 0 spiro atoms. The van der Waals surface area contributed by atoms with Crippen LogP contribution in [0, 0.1) is 13.8 Å². The van der Waals surface area contributed by atoms with Crippen LogP contribution in [0.25, 0.3) is 23.2 Å². The van der Waals surface area contributed by atoms with Crippen molar-refractivity contribution in [1.82, 2.24) is 19.9 Å². The maximum atomic E-state index is 11.7. The topological polar surface area (TPSA) is 213 Å². The molecule has 36 heavy (non-hydrogen) atoms. The third-order valence-corrected chi connectivity index (χ3v) is 4.69. The van der Waals surface area contributed by atoms with Crippen molar-refractivity contribution in [1.29, 1.82) is 0 Å². The number of furan rings is 2. The molecule has 13 nitrogen and oxygen atoms in total. The van der Waals surface area contributed by atoms with Gasteiger partial charge in [-0.15, -0.1) is 0 Å². The van der Waals surface area contributed by atoms with Crippen LogP contribution in [0.4, 0.5) is 0 Å². The number of aromatic nitrogens is 4. The van der Waals surface area contributed by atoms with Gasteiger partial charge in [-0.05, 0) is 45.0 Å². The lowest BCUT2D eigenvalue weighted by Gasteiger charge is -2.02. The van der Waals surface area contributed by atoms with Gasteiger partial charge < -0.3 is 34.1 Å². The predicted octanol–water partition coefficient (Wildman–Crippen LogP) is 1.85. The number of Topliss-reactive ketones (excluding diaryl/α,β-unsaturated/α-hetero) is 1.